The van der Waals surface area contributed by atoms with E-state index in [0.717, 1.165) is 88.2 Å². The molecule has 2 saturated heterocycles. The molecule has 1 unspecified atom stereocenters. The van der Waals surface area contributed by atoms with Crippen LogP contribution in [0, 0.1) is 24.0 Å². The fourth-order valence-corrected chi connectivity index (χ4v) is 9.97. The number of aromatic hydroxyl groups is 1. The van der Waals surface area contributed by atoms with Gasteiger partial charge in [0.05, 0.1) is 19.1 Å². The maximum absolute atomic E-state index is 15.8. The fraction of sp³-hybridized carbons (Fsp3) is 0.532. The number of halogens is 4. The van der Waals surface area contributed by atoms with Gasteiger partial charge < -0.3 is 34.7 Å². The van der Waals surface area contributed by atoms with Crippen LogP contribution in [0.25, 0.3) is 0 Å². The lowest BCUT2D eigenvalue weighted by Crippen LogP contribution is -2.48. The first-order chi connectivity index (χ1) is 29.5. The first kappa shape index (κ1) is 46.6. The SMILES string of the molecule is CNC(=O)C(CCC=O)N(C=O)Cc1cc2c(cc1C)CN(CC=O)C2.C[C@@H]1Cc2cc(O)ccc2[C@@H](c2c(F)cc(N3CCC4(CCN(C)C4)CC3)cc2F)N1CC(C)(F)F. The van der Waals surface area contributed by atoms with Crippen LogP contribution in [0.15, 0.2) is 42.5 Å². The number of carbonyl (C=O) groups excluding carboxylic acids is 4. The second kappa shape index (κ2) is 19.7. The Morgan fingerprint density at radius 2 is 1.65 bits per heavy atom. The molecule has 4 aliphatic heterocycles. The highest BCUT2D eigenvalue weighted by molar-refractivity contribution is 5.83. The molecule has 2 amide bonds. The van der Waals surface area contributed by atoms with Gasteiger partial charge in [-0.15, -0.1) is 0 Å². The summed E-state index contributed by atoms with van der Waals surface area (Å²) in [5.41, 5.74) is 6.17. The number of phenols is 1. The number of amides is 2. The Kier molecular flexibility index (Phi) is 14.8. The normalized spacial score (nSPS) is 20.5. The lowest BCUT2D eigenvalue weighted by atomic mass is 9.77. The Morgan fingerprint density at radius 1 is 0.984 bits per heavy atom. The quantitative estimate of drug-likeness (QED) is 0.146. The molecule has 336 valence electrons. The average molecular weight is 865 g/mol. The Labute approximate surface area is 362 Å². The molecule has 0 radical (unpaired) electrons. The van der Waals surface area contributed by atoms with Gasteiger partial charge in [-0.2, -0.15) is 0 Å². The van der Waals surface area contributed by atoms with Crippen molar-refractivity contribution in [1.29, 1.82) is 0 Å². The molecule has 0 aromatic heterocycles. The number of aryl methyl sites for hydroxylation is 1. The van der Waals surface area contributed by atoms with Crippen LogP contribution in [0.5, 0.6) is 5.75 Å². The molecule has 62 heavy (non-hydrogen) atoms. The molecule has 0 bridgehead atoms. The first-order valence-corrected chi connectivity index (χ1v) is 21.5. The number of rotatable bonds is 14. The molecule has 3 aromatic carbocycles. The maximum atomic E-state index is 15.8. The Balaban J connectivity index is 0.000000219. The number of hydrogen-bond acceptors (Lipinski definition) is 9. The van der Waals surface area contributed by atoms with Crippen molar-refractivity contribution in [3.05, 3.63) is 93.0 Å². The summed E-state index contributed by atoms with van der Waals surface area (Å²) in [7, 11) is 3.65. The van der Waals surface area contributed by atoms with E-state index < -0.39 is 42.2 Å². The van der Waals surface area contributed by atoms with E-state index >= 15 is 8.78 Å². The molecule has 2 fully saturated rings. The summed E-state index contributed by atoms with van der Waals surface area (Å²) >= 11 is 0. The number of anilines is 1. The third kappa shape index (κ3) is 10.7. The van der Waals surface area contributed by atoms with Crippen LogP contribution in [-0.2, 0) is 45.2 Å². The number of phenolic OH excluding ortho intramolecular Hbond substituents is 1. The minimum absolute atomic E-state index is 0.0431. The topological polar surface area (TPSA) is 117 Å². The Morgan fingerprint density at radius 3 is 2.23 bits per heavy atom. The van der Waals surface area contributed by atoms with Crippen molar-refractivity contribution in [3.8, 4) is 5.75 Å². The van der Waals surface area contributed by atoms with E-state index in [0.29, 0.717) is 61.1 Å². The van der Waals surface area contributed by atoms with Gasteiger partial charge >= 0.3 is 0 Å². The zero-order valence-electron chi connectivity index (χ0n) is 36.4. The van der Waals surface area contributed by atoms with E-state index in [9.17, 15) is 33.1 Å². The van der Waals surface area contributed by atoms with Gasteiger partial charge in [-0.05, 0) is 123 Å². The minimum atomic E-state index is -3.04. The van der Waals surface area contributed by atoms with Crippen LogP contribution < -0.4 is 10.2 Å². The van der Waals surface area contributed by atoms with Gasteiger partial charge in [-0.25, -0.2) is 17.6 Å². The van der Waals surface area contributed by atoms with Gasteiger partial charge in [0, 0.05) is 77.0 Å². The number of piperidine rings is 1. The summed E-state index contributed by atoms with van der Waals surface area (Å²) < 4.78 is 59.9. The molecule has 3 aromatic rings. The largest absolute Gasteiger partial charge is 0.508 e. The van der Waals surface area contributed by atoms with Crippen molar-refractivity contribution in [2.75, 3.05) is 58.3 Å². The molecule has 3 atom stereocenters. The van der Waals surface area contributed by atoms with Crippen molar-refractivity contribution < 1.29 is 41.8 Å². The number of aldehydes is 2. The standard InChI is InChI=1S/C28H35F4N3O.C19H25N3O4/c1-18-12-19-13-21(36)4-5-22(19)26(35(18)16-27(2,31)32)25-23(29)14-20(15-24(25)30)34-10-7-28(8-11-34)6-9-33(3)17-28;1-14-8-16-10-21(5-7-24)11-17(16)9-15(14)12-22(13-25)18(4-3-6-23)19(26)20-2/h4-5,13-15,18,26,36H,6-12,16-17H2,1-3H3;6-9,13,18H,3-5,10-12H2,1-2H3,(H,20,26)/t18-,26+;/m1./s1. The van der Waals surface area contributed by atoms with E-state index in [-0.39, 0.29) is 23.6 Å². The third-order valence-corrected chi connectivity index (χ3v) is 13.2. The van der Waals surface area contributed by atoms with Crippen LogP contribution in [0.4, 0.5) is 23.2 Å². The number of likely N-dealkylation sites (N-methyl/N-ethyl adjacent to an activating group) is 1. The summed E-state index contributed by atoms with van der Waals surface area (Å²) in [6, 6.07) is 9.37. The highest BCUT2D eigenvalue weighted by Gasteiger charge is 2.42. The third-order valence-electron chi connectivity index (χ3n) is 13.2. The predicted molar refractivity (Wildman–Crippen MR) is 229 cm³/mol. The number of nitrogens with one attached hydrogen (secondary N) is 1. The van der Waals surface area contributed by atoms with Crippen LogP contribution in [0.3, 0.4) is 0 Å². The van der Waals surface area contributed by atoms with Gasteiger partial charge in [0.25, 0.3) is 5.92 Å². The predicted octanol–water partition coefficient (Wildman–Crippen LogP) is 6.15. The number of likely N-dealkylation sites (tertiary alicyclic amines) is 1. The average Bonchev–Trinajstić information content (AvgIpc) is 3.79. The first-order valence-electron chi connectivity index (χ1n) is 21.5. The summed E-state index contributed by atoms with van der Waals surface area (Å²) in [5, 5.41) is 12.5. The van der Waals surface area contributed by atoms with E-state index in [1.807, 2.05) is 17.9 Å². The van der Waals surface area contributed by atoms with Gasteiger partial charge in [0.1, 0.15) is 36.0 Å². The molecule has 2 N–H and O–H groups in total. The highest BCUT2D eigenvalue weighted by atomic mass is 19.3. The van der Waals surface area contributed by atoms with Gasteiger partial charge in [-0.3, -0.25) is 19.4 Å². The molecule has 0 aliphatic carbocycles. The lowest BCUT2D eigenvalue weighted by Gasteiger charge is -2.43. The van der Waals surface area contributed by atoms with Gasteiger partial charge in [0.15, 0.2) is 0 Å². The lowest BCUT2D eigenvalue weighted by molar-refractivity contribution is -0.133. The maximum Gasteiger partial charge on any atom is 0.257 e. The van der Waals surface area contributed by atoms with Crippen molar-refractivity contribution in [2.45, 2.75) is 103 Å². The molecule has 15 heteroatoms. The molecule has 11 nitrogen and oxygen atoms in total. The molecule has 0 saturated carbocycles. The highest BCUT2D eigenvalue weighted by Crippen LogP contribution is 2.45. The zero-order valence-corrected chi connectivity index (χ0v) is 36.4. The Hall–Kier alpha value is -4.86. The van der Waals surface area contributed by atoms with Crippen LogP contribution in [0.1, 0.15) is 90.9 Å². The van der Waals surface area contributed by atoms with Crippen molar-refractivity contribution >= 4 is 30.6 Å². The monoisotopic (exact) mass is 864 g/mol. The molecule has 1 spiro atoms. The fourth-order valence-electron chi connectivity index (χ4n) is 9.97. The van der Waals surface area contributed by atoms with Crippen LogP contribution >= 0.6 is 0 Å². The smallest absolute Gasteiger partial charge is 0.257 e. The molecule has 4 aliphatic rings. The molecular formula is C47H60F4N6O5. The summed E-state index contributed by atoms with van der Waals surface area (Å²) in [4.78, 5) is 54.5. The number of hydrogen-bond donors (Lipinski definition) is 2. The van der Waals surface area contributed by atoms with E-state index in [4.69, 9.17) is 0 Å². The number of benzene rings is 3. The van der Waals surface area contributed by atoms with Crippen LogP contribution in [0.2, 0.25) is 0 Å². The van der Waals surface area contributed by atoms with Crippen LogP contribution in [-0.4, -0.2) is 121 Å². The van der Waals surface area contributed by atoms with Crippen molar-refractivity contribution in [1.82, 2.24) is 24.9 Å². The summed E-state index contributed by atoms with van der Waals surface area (Å²) in [6.45, 7) is 9.72. The molecule has 7 rings (SSSR count). The molecular weight excluding hydrogens is 805 g/mol. The second-order valence-corrected chi connectivity index (χ2v) is 17.9. The van der Waals surface area contributed by atoms with Gasteiger partial charge in [0.2, 0.25) is 12.3 Å². The van der Waals surface area contributed by atoms with E-state index in [1.54, 1.807) is 19.1 Å². The molecule has 4 heterocycles. The number of fused-ring (bicyclic) bond motifs is 2. The summed E-state index contributed by atoms with van der Waals surface area (Å²) in [5.74, 6) is -4.73. The number of nitrogens with zero attached hydrogens (tertiary/aromatic N) is 5. The second-order valence-electron chi connectivity index (χ2n) is 17.9. The van der Waals surface area contributed by atoms with Crippen molar-refractivity contribution in [2.24, 2.45) is 5.41 Å². The number of carbonyl (C=O) groups is 4. The van der Waals surface area contributed by atoms with Crippen molar-refractivity contribution in [3.63, 3.8) is 0 Å². The Bertz CT molecular complexity index is 2080. The zero-order chi connectivity index (χ0) is 44.9. The van der Waals surface area contributed by atoms with E-state index in [2.05, 4.69) is 28.2 Å². The minimum Gasteiger partial charge on any atom is -0.508 e. The van der Waals surface area contributed by atoms with E-state index in [1.165, 1.54) is 40.6 Å². The summed E-state index contributed by atoms with van der Waals surface area (Å²) in [6.07, 6.45) is 6.35. The number of alkyl halides is 2. The van der Waals surface area contributed by atoms with Gasteiger partial charge in [-0.1, -0.05) is 18.2 Å².